The first-order chi connectivity index (χ1) is 10.9. The van der Waals surface area contributed by atoms with E-state index in [4.69, 9.17) is 27.8 Å². The van der Waals surface area contributed by atoms with Crippen LogP contribution in [0.25, 0.3) is 0 Å². The zero-order valence-corrected chi connectivity index (χ0v) is 14.0. The summed E-state index contributed by atoms with van der Waals surface area (Å²) in [5.41, 5.74) is 11.6. The molecule has 0 spiro atoms. The third-order valence-electron chi connectivity index (χ3n) is 2.72. The van der Waals surface area contributed by atoms with Crippen molar-refractivity contribution in [3.8, 4) is 5.75 Å². The highest BCUT2D eigenvalue weighted by atomic mass is 35.5. The van der Waals surface area contributed by atoms with Gasteiger partial charge in [0.1, 0.15) is 5.75 Å². The topological polar surface area (TPSA) is 129 Å². The van der Waals surface area contributed by atoms with Gasteiger partial charge in [0.25, 0.3) is 0 Å². The molecular formula is C13H15ClN6O2S. The monoisotopic (exact) mass is 354 g/mol. The molecule has 0 aliphatic heterocycles. The van der Waals surface area contributed by atoms with Gasteiger partial charge in [0.15, 0.2) is 5.16 Å². The smallest absolute Gasteiger partial charge is 0.237 e. The van der Waals surface area contributed by atoms with Crippen molar-refractivity contribution < 1.29 is 9.53 Å². The molecule has 0 saturated heterocycles. The Morgan fingerprint density at radius 2 is 1.96 bits per heavy atom. The molecule has 0 aliphatic rings. The fraction of sp³-hybridized carbons (Fsp3) is 0.231. The summed E-state index contributed by atoms with van der Waals surface area (Å²) in [6, 6.07) is 4.97. The van der Waals surface area contributed by atoms with Crippen molar-refractivity contribution >= 4 is 46.9 Å². The molecule has 5 N–H and O–H groups in total. The molecular weight excluding hydrogens is 340 g/mol. The van der Waals surface area contributed by atoms with Crippen molar-refractivity contribution in [1.29, 1.82) is 0 Å². The molecule has 23 heavy (non-hydrogen) atoms. The maximum absolute atomic E-state index is 12.2. The molecule has 2 aromatic rings. The summed E-state index contributed by atoms with van der Waals surface area (Å²) in [7, 11) is 1.52. The molecule has 0 radical (unpaired) electrons. The fourth-order valence-electron chi connectivity index (χ4n) is 1.64. The lowest BCUT2D eigenvalue weighted by Crippen LogP contribution is -2.22. The third kappa shape index (κ3) is 4.60. The third-order valence-corrected chi connectivity index (χ3v) is 3.98. The van der Waals surface area contributed by atoms with Crippen molar-refractivity contribution in [1.82, 2.24) is 15.0 Å². The predicted octanol–water partition coefficient (Wildman–Crippen LogP) is 1.82. The number of hydrogen-bond donors (Lipinski definition) is 3. The van der Waals surface area contributed by atoms with Crippen LogP contribution in [0.15, 0.2) is 23.4 Å². The van der Waals surface area contributed by atoms with Crippen LogP contribution < -0.4 is 21.5 Å². The van der Waals surface area contributed by atoms with Gasteiger partial charge < -0.3 is 21.5 Å². The second-order valence-corrected chi connectivity index (χ2v) is 6.15. The molecule has 8 nitrogen and oxygen atoms in total. The highest BCUT2D eigenvalue weighted by Crippen LogP contribution is 2.28. The lowest BCUT2D eigenvalue weighted by molar-refractivity contribution is -0.115. The number of nitrogens with one attached hydrogen (secondary N) is 1. The highest BCUT2D eigenvalue weighted by Gasteiger charge is 2.17. The number of nitrogens with zero attached hydrogens (tertiary/aromatic N) is 3. The minimum atomic E-state index is -0.475. The van der Waals surface area contributed by atoms with Gasteiger partial charge in [-0.25, -0.2) is 0 Å². The summed E-state index contributed by atoms with van der Waals surface area (Å²) in [5.74, 6) is 0.307. The number of aromatic nitrogens is 3. The van der Waals surface area contributed by atoms with E-state index in [9.17, 15) is 4.79 Å². The first-order valence-corrected chi connectivity index (χ1v) is 7.73. The van der Waals surface area contributed by atoms with E-state index < -0.39 is 5.25 Å². The second kappa shape index (κ2) is 7.34. The number of nitrogens with two attached hydrogens (primary N) is 2. The first-order valence-electron chi connectivity index (χ1n) is 6.47. The van der Waals surface area contributed by atoms with Gasteiger partial charge in [0.05, 0.1) is 17.4 Å². The van der Waals surface area contributed by atoms with Crippen molar-refractivity contribution in [3.05, 3.63) is 23.2 Å². The molecule has 1 aromatic heterocycles. The van der Waals surface area contributed by atoms with E-state index in [0.29, 0.717) is 16.5 Å². The van der Waals surface area contributed by atoms with Crippen molar-refractivity contribution in [3.63, 3.8) is 0 Å². The van der Waals surface area contributed by atoms with Gasteiger partial charge in [-0.15, -0.1) is 0 Å². The molecule has 1 atom stereocenters. The van der Waals surface area contributed by atoms with Gasteiger partial charge in [0.2, 0.25) is 17.8 Å². The molecule has 10 heteroatoms. The summed E-state index contributed by atoms with van der Waals surface area (Å²) in [5, 5.41) is 2.96. The summed E-state index contributed by atoms with van der Waals surface area (Å²) >= 11 is 7.14. The van der Waals surface area contributed by atoms with Crippen molar-refractivity contribution in [2.45, 2.75) is 17.3 Å². The highest BCUT2D eigenvalue weighted by molar-refractivity contribution is 8.00. The number of rotatable bonds is 5. The molecule has 1 heterocycles. The SMILES string of the molecule is COc1ccc(NC(=O)[C@@H](C)Sc2nc(N)nc(N)n2)cc1Cl. The minimum Gasteiger partial charge on any atom is -0.495 e. The summed E-state index contributed by atoms with van der Waals surface area (Å²) in [4.78, 5) is 23.7. The van der Waals surface area contributed by atoms with E-state index in [1.807, 2.05) is 0 Å². The van der Waals surface area contributed by atoms with E-state index in [1.54, 1.807) is 25.1 Å². The lowest BCUT2D eigenvalue weighted by atomic mass is 10.3. The van der Waals surface area contributed by atoms with Gasteiger partial charge in [-0.2, -0.15) is 15.0 Å². The number of amides is 1. The quantitative estimate of drug-likeness (QED) is 0.693. The summed E-state index contributed by atoms with van der Waals surface area (Å²) < 4.78 is 5.06. The summed E-state index contributed by atoms with van der Waals surface area (Å²) in [6.45, 7) is 1.71. The Balaban J connectivity index is 2.03. The fourth-order valence-corrected chi connectivity index (χ4v) is 2.67. The zero-order chi connectivity index (χ0) is 17.0. The van der Waals surface area contributed by atoms with Crippen LogP contribution in [0.3, 0.4) is 0 Å². The molecule has 2 rings (SSSR count). The number of carbonyl (C=O) groups is 1. The first kappa shape index (κ1) is 17.1. The minimum absolute atomic E-state index is 0.00884. The Bertz CT molecular complexity index is 709. The van der Waals surface area contributed by atoms with Crippen molar-refractivity contribution in [2.75, 3.05) is 23.9 Å². The Hall–Kier alpha value is -2.26. The van der Waals surface area contributed by atoms with E-state index in [-0.39, 0.29) is 23.0 Å². The summed E-state index contributed by atoms with van der Waals surface area (Å²) in [6.07, 6.45) is 0. The van der Waals surface area contributed by atoms with E-state index >= 15 is 0 Å². The number of carbonyl (C=O) groups excluding carboxylic acids is 1. The molecule has 122 valence electrons. The number of anilines is 3. The van der Waals surface area contributed by atoms with Crippen LogP contribution in [0, 0.1) is 0 Å². The number of methoxy groups -OCH3 is 1. The van der Waals surface area contributed by atoms with Crippen LogP contribution in [-0.4, -0.2) is 33.2 Å². The Morgan fingerprint density at radius 3 is 2.52 bits per heavy atom. The van der Waals surface area contributed by atoms with Crippen LogP contribution in [-0.2, 0) is 4.79 Å². The van der Waals surface area contributed by atoms with Gasteiger partial charge in [0, 0.05) is 5.69 Å². The number of benzene rings is 1. The molecule has 0 saturated carbocycles. The van der Waals surface area contributed by atoms with Gasteiger partial charge in [-0.3, -0.25) is 4.79 Å². The molecule has 1 amide bonds. The molecule has 0 bridgehead atoms. The molecule has 0 fully saturated rings. The Kier molecular flexibility index (Phi) is 5.45. The maximum atomic E-state index is 12.2. The maximum Gasteiger partial charge on any atom is 0.237 e. The largest absolute Gasteiger partial charge is 0.495 e. The van der Waals surface area contributed by atoms with Crippen molar-refractivity contribution in [2.24, 2.45) is 0 Å². The predicted molar refractivity (Wildman–Crippen MR) is 90.6 cm³/mol. The van der Waals surface area contributed by atoms with Crippen LogP contribution in [0.2, 0.25) is 5.02 Å². The van der Waals surface area contributed by atoms with Crippen LogP contribution in [0.1, 0.15) is 6.92 Å². The average molecular weight is 355 g/mol. The number of nitrogen functional groups attached to an aromatic ring is 2. The number of ether oxygens (including phenoxy) is 1. The molecule has 1 aromatic carbocycles. The van der Waals surface area contributed by atoms with Gasteiger partial charge in [-0.05, 0) is 25.1 Å². The van der Waals surface area contributed by atoms with E-state index in [2.05, 4.69) is 20.3 Å². The van der Waals surface area contributed by atoms with E-state index in [1.165, 1.54) is 7.11 Å². The number of hydrogen-bond acceptors (Lipinski definition) is 8. The second-order valence-electron chi connectivity index (χ2n) is 4.43. The lowest BCUT2D eigenvalue weighted by Gasteiger charge is -2.12. The number of halogens is 1. The van der Waals surface area contributed by atoms with E-state index in [0.717, 1.165) is 11.8 Å². The normalized spacial score (nSPS) is 11.8. The molecule has 0 aliphatic carbocycles. The van der Waals surface area contributed by atoms with Crippen LogP contribution in [0.5, 0.6) is 5.75 Å². The average Bonchev–Trinajstić information content (AvgIpc) is 2.46. The van der Waals surface area contributed by atoms with Crippen LogP contribution in [0.4, 0.5) is 17.6 Å². The van der Waals surface area contributed by atoms with Gasteiger partial charge in [-0.1, -0.05) is 23.4 Å². The van der Waals surface area contributed by atoms with Crippen LogP contribution >= 0.6 is 23.4 Å². The Morgan fingerprint density at radius 1 is 1.30 bits per heavy atom. The zero-order valence-electron chi connectivity index (χ0n) is 12.4. The molecule has 0 unspecified atom stereocenters. The Labute approximate surface area is 142 Å². The number of thioether (sulfide) groups is 1. The van der Waals surface area contributed by atoms with Gasteiger partial charge >= 0.3 is 0 Å². The standard InChI is InChI=1S/C13H15ClN6O2S/c1-6(23-13-19-11(15)18-12(16)20-13)10(21)17-7-3-4-9(22-2)8(14)5-7/h3-6H,1-2H3,(H,17,21)(H4,15,16,18,19,20)/t6-/m1/s1.